The van der Waals surface area contributed by atoms with Crippen LogP contribution in [-0.4, -0.2) is 25.8 Å². The summed E-state index contributed by atoms with van der Waals surface area (Å²) >= 11 is 0. The summed E-state index contributed by atoms with van der Waals surface area (Å²) in [5, 5.41) is 8.76. The van der Waals surface area contributed by atoms with Crippen LogP contribution in [0.4, 0.5) is 4.39 Å². The highest BCUT2D eigenvalue weighted by Crippen LogP contribution is 2.24. The van der Waals surface area contributed by atoms with Crippen molar-refractivity contribution in [1.29, 1.82) is 0 Å². The molecule has 5 nitrogen and oxygen atoms in total. The Balaban J connectivity index is 3.68. The van der Waals surface area contributed by atoms with Crippen LogP contribution in [0.3, 0.4) is 0 Å². The molecule has 0 fully saturated rings. The lowest BCUT2D eigenvalue weighted by Crippen LogP contribution is -2.07. The van der Waals surface area contributed by atoms with Crippen LogP contribution in [-0.2, 0) is 15.7 Å². The van der Waals surface area contributed by atoms with Crippen LogP contribution < -0.4 is 0 Å². The molecule has 92 valence electrons. The molecule has 0 bridgehead atoms. The highest BCUT2D eigenvalue weighted by atomic mass is 35.7. The molecule has 0 saturated heterocycles. The molecule has 17 heavy (non-hydrogen) atoms. The van der Waals surface area contributed by atoms with Gasteiger partial charge in [0.2, 0.25) is 0 Å². The van der Waals surface area contributed by atoms with Crippen molar-refractivity contribution in [3.8, 4) is 0 Å². The fraction of sp³-hybridized carbons (Fsp3) is 0.111. The van der Waals surface area contributed by atoms with Gasteiger partial charge in [-0.1, -0.05) is 0 Å². The molecule has 0 heterocycles. The first-order valence-electron chi connectivity index (χ1n) is 4.17. The molecule has 0 saturated carbocycles. The van der Waals surface area contributed by atoms with E-state index in [1.165, 1.54) is 0 Å². The van der Waals surface area contributed by atoms with Crippen LogP contribution in [0.25, 0.3) is 0 Å². The largest absolute Gasteiger partial charge is 0.478 e. The number of hydrogen-bond acceptors (Lipinski definition) is 4. The Kier molecular flexibility index (Phi) is 3.84. The van der Waals surface area contributed by atoms with Crippen molar-refractivity contribution < 1.29 is 27.5 Å². The summed E-state index contributed by atoms with van der Waals surface area (Å²) in [6.07, 6.45) is 0.167. The topological polar surface area (TPSA) is 88.5 Å². The molecule has 1 aromatic carbocycles. The average molecular weight is 281 g/mol. The first kappa shape index (κ1) is 13.6. The van der Waals surface area contributed by atoms with Crippen molar-refractivity contribution in [2.75, 3.05) is 0 Å². The van der Waals surface area contributed by atoms with Gasteiger partial charge in [0.1, 0.15) is 6.67 Å². The number of carboxylic acid groups (broad SMARTS) is 1. The van der Waals surface area contributed by atoms with Crippen LogP contribution in [0.2, 0.25) is 0 Å². The van der Waals surface area contributed by atoms with E-state index in [-0.39, 0.29) is 17.4 Å². The first-order valence-corrected chi connectivity index (χ1v) is 6.48. The van der Waals surface area contributed by atoms with E-state index >= 15 is 0 Å². The van der Waals surface area contributed by atoms with Gasteiger partial charge < -0.3 is 5.11 Å². The number of aromatic carboxylic acids is 1. The molecule has 8 heteroatoms. The Bertz CT molecular complexity index is 581. The highest BCUT2D eigenvalue weighted by Gasteiger charge is 2.21. The number of carbonyl (C=O) groups is 2. The average Bonchev–Trinajstić information content (AvgIpc) is 2.25. The van der Waals surface area contributed by atoms with E-state index in [4.69, 9.17) is 15.8 Å². The highest BCUT2D eigenvalue weighted by molar-refractivity contribution is 8.13. The summed E-state index contributed by atoms with van der Waals surface area (Å²) in [5.74, 6) is -1.50. The van der Waals surface area contributed by atoms with E-state index < -0.39 is 32.2 Å². The Morgan fingerprint density at radius 2 is 2.06 bits per heavy atom. The van der Waals surface area contributed by atoms with Gasteiger partial charge in [-0.3, -0.25) is 4.79 Å². The third-order valence-electron chi connectivity index (χ3n) is 2.00. The minimum Gasteiger partial charge on any atom is -0.478 e. The zero-order chi connectivity index (χ0) is 13.2. The minimum atomic E-state index is -4.27. The summed E-state index contributed by atoms with van der Waals surface area (Å²) < 4.78 is 34.7. The number of carboxylic acids is 1. The van der Waals surface area contributed by atoms with Gasteiger partial charge in [-0.15, -0.1) is 0 Å². The molecule has 0 aliphatic carbocycles. The lowest BCUT2D eigenvalue weighted by Gasteiger charge is -2.07. The SMILES string of the molecule is O=Cc1cc(CF)c(C(=O)O)cc1S(=O)(=O)Cl. The molecule has 1 N–H and O–H groups in total. The van der Waals surface area contributed by atoms with Crippen molar-refractivity contribution in [2.24, 2.45) is 0 Å². The Labute approximate surface area is 100 Å². The molecule has 0 spiro atoms. The third-order valence-corrected chi connectivity index (χ3v) is 3.38. The molecule has 1 aromatic rings. The van der Waals surface area contributed by atoms with Crippen molar-refractivity contribution in [2.45, 2.75) is 11.6 Å². The van der Waals surface area contributed by atoms with Gasteiger partial charge in [0.15, 0.2) is 6.29 Å². The van der Waals surface area contributed by atoms with Gasteiger partial charge in [0, 0.05) is 16.2 Å². The predicted octanol–water partition coefficient (Wildman–Crippen LogP) is 1.59. The predicted molar refractivity (Wildman–Crippen MR) is 56.6 cm³/mol. The molecular weight excluding hydrogens is 275 g/mol. The molecule has 0 aromatic heterocycles. The van der Waals surface area contributed by atoms with E-state index in [1.54, 1.807) is 0 Å². The van der Waals surface area contributed by atoms with Gasteiger partial charge >= 0.3 is 5.97 Å². The van der Waals surface area contributed by atoms with Crippen molar-refractivity contribution >= 4 is 32.0 Å². The summed E-state index contributed by atoms with van der Waals surface area (Å²) in [5.41, 5.74) is -1.21. The molecule has 0 aliphatic heterocycles. The zero-order valence-electron chi connectivity index (χ0n) is 8.18. The number of hydrogen-bond donors (Lipinski definition) is 1. The van der Waals surface area contributed by atoms with Gasteiger partial charge in [0.25, 0.3) is 9.05 Å². The molecular formula is C9H6ClFO5S. The molecule has 0 radical (unpaired) electrons. The van der Waals surface area contributed by atoms with Gasteiger partial charge in [0.05, 0.1) is 10.5 Å². The van der Waals surface area contributed by atoms with E-state index in [0.29, 0.717) is 6.07 Å². The summed E-state index contributed by atoms with van der Waals surface area (Å²) in [7, 11) is 0.770. The van der Waals surface area contributed by atoms with Crippen LogP contribution in [0.1, 0.15) is 26.3 Å². The van der Waals surface area contributed by atoms with Gasteiger partial charge in [-0.25, -0.2) is 17.6 Å². The standard InChI is InChI=1S/C9H6ClFO5S/c10-17(15,16)8-2-7(9(13)14)5(3-11)1-6(8)4-12/h1-2,4H,3H2,(H,13,14). The molecule has 0 atom stereocenters. The molecule has 0 amide bonds. The normalized spacial score (nSPS) is 11.2. The van der Waals surface area contributed by atoms with E-state index in [9.17, 15) is 22.4 Å². The lowest BCUT2D eigenvalue weighted by molar-refractivity contribution is 0.0694. The second kappa shape index (κ2) is 4.80. The van der Waals surface area contributed by atoms with E-state index in [0.717, 1.165) is 6.07 Å². The third kappa shape index (κ3) is 2.80. The summed E-state index contributed by atoms with van der Waals surface area (Å²) in [4.78, 5) is 20.7. The second-order valence-corrected chi connectivity index (χ2v) is 5.58. The Morgan fingerprint density at radius 3 is 2.41 bits per heavy atom. The summed E-state index contributed by atoms with van der Waals surface area (Å²) in [6.45, 7) is -1.13. The maximum absolute atomic E-state index is 12.5. The number of aldehydes is 1. The fourth-order valence-corrected chi connectivity index (χ4v) is 2.30. The monoisotopic (exact) mass is 280 g/mol. The van der Waals surface area contributed by atoms with E-state index in [1.807, 2.05) is 0 Å². The van der Waals surface area contributed by atoms with Crippen molar-refractivity contribution in [3.63, 3.8) is 0 Å². The van der Waals surface area contributed by atoms with Crippen LogP contribution in [0.15, 0.2) is 17.0 Å². The number of rotatable bonds is 4. The summed E-state index contributed by atoms with van der Waals surface area (Å²) in [6, 6.07) is 1.52. The molecule has 0 unspecified atom stereocenters. The maximum Gasteiger partial charge on any atom is 0.336 e. The van der Waals surface area contributed by atoms with Crippen LogP contribution in [0, 0.1) is 0 Å². The van der Waals surface area contributed by atoms with Gasteiger partial charge in [-0.2, -0.15) is 0 Å². The smallest absolute Gasteiger partial charge is 0.336 e. The van der Waals surface area contributed by atoms with Crippen molar-refractivity contribution in [3.05, 3.63) is 28.8 Å². The lowest BCUT2D eigenvalue weighted by atomic mass is 10.1. The number of benzene rings is 1. The first-order chi connectivity index (χ1) is 7.81. The molecule has 0 aliphatic rings. The fourth-order valence-electron chi connectivity index (χ4n) is 1.26. The quantitative estimate of drug-likeness (QED) is 0.668. The Hall–Kier alpha value is -1.47. The van der Waals surface area contributed by atoms with Crippen molar-refractivity contribution in [1.82, 2.24) is 0 Å². The van der Waals surface area contributed by atoms with Crippen LogP contribution in [0.5, 0.6) is 0 Å². The maximum atomic E-state index is 12.5. The number of carbonyl (C=O) groups excluding carboxylic acids is 1. The molecule has 1 rings (SSSR count). The zero-order valence-corrected chi connectivity index (χ0v) is 9.76. The van der Waals surface area contributed by atoms with Crippen LogP contribution >= 0.6 is 10.7 Å². The second-order valence-electron chi connectivity index (χ2n) is 3.04. The van der Waals surface area contributed by atoms with Gasteiger partial charge in [-0.05, 0) is 17.7 Å². The van der Waals surface area contributed by atoms with E-state index in [2.05, 4.69) is 0 Å². The Morgan fingerprint density at radius 1 is 1.47 bits per heavy atom. The number of halogens is 2. The minimum absolute atomic E-state index is 0.167. The number of alkyl halides is 1.